The Morgan fingerprint density at radius 1 is 0.696 bits per heavy atom. The van der Waals surface area contributed by atoms with E-state index in [2.05, 4.69) is 13.8 Å². The van der Waals surface area contributed by atoms with Crippen molar-refractivity contribution in [1.82, 2.24) is 0 Å². The zero-order valence-corrected chi connectivity index (χ0v) is 15.5. The molecular weight excluding hydrogens is 288 g/mol. The predicted molar refractivity (Wildman–Crippen MR) is 94.4 cm³/mol. The second-order valence-electron chi connectivity index (χ2n) is 7.45. The number of hydrogen-bond donors (Lipinski definition) is 0. The zero-order valence-electron chi connectivity index (χ0n) is 15.5. The molecule has 0 aromatic heterocycles. The average Bonchev–Trinajstić information content (AvgIpc) is 3.19. The molecule has 2 saturated heterocycles. The topological polar surface area (TPSA) is 27.7 Å². The summed E-state index contributed by atoms with van der Waals surface area (Å²) in [5.41, 5.74) is 0. The fraction of sp³-hybridized carbons (Fsp3) is 1.00. The normalized spacial score (nSPS) is 31.0. The first-order valence-corrected chi connectivity index (χ1v) is 10.2. The highest BCUT2D eigenvalue weighted by Crippen LogP contribution is 2.42. The second kappa shape index (κ2) is 10.0. The quantitative estimate of drug-likeness (QED) is 0.414. The van der Waals surface area contributed by atoms with Crippen LogP contribution in [0, 0.1) is 0 Å². The molecule has 136 valence electrons. The molecule has 2 rings (SSSR count). The summed E-state index contributed by atoms with van der Waals surface area (Å²) >= 11 is 0. The van der Waals surface area contributed by atoms with Gasteiger partial charge in [-0.2, -0.15) is 0 Å². The van der Waals surface area contributed by atoms with Crippen molar-refractivity contribution >= 4 is 0 Å². The lowest BCUT2D eigenvalue weighted by atomic mass is 10.00. The first kappa shape index (κ1) is 19.2. The summed E-state index contributed by atoms with van der Waals surface area (Å²) in [6.07, 6.45) is 16.6. The van der Waals surface area contributed by atoms with Gasteiger partial charge in [0.2, 0.25) is 0 Å². The third-order valence-corrected chi connectivity index (χ3v) is 5.33. The van der Waals surface area contributed by atoms with E-state index in [1.54, 1.807) is 0 Å². The molecule has 0 bridgehead atoms. The van der Waals surface area contributed by atoms with Crippen LogP contribution in [0.2, 0.25) is 0 Å². The van der Waals surface area contributed by atoms with Gasteiger partial charge in [0, 0.05) is 25.7 Å². The molecule has 23 heavy (non-hydrogen) atoms. The van der Waals surface area contributed by atoms with Crippen LogP contribution < -0.4 is 0 Å². The molecule has 0 aliphatic carbocycles. The molecule has 0 spiro atoms. The summed E-state index contributed by atoms with van der Waals surface area (Å²) in [7, 11) is 0. The van der Waals surface area contributed by atoms with Crippen LogP contribution in [-0.4, -0.2) is 24.8 Å². The van der Waals surface area contributed by atoms with Gasteiger partial charge in [0.1, 0.15) is 0 Å². The van der Waals surface area contributed by atoms with Crippen LogP contribution in [0.5, 0.6) is 0 Å². The maximum atomic E-state index is 6.66. The maximum Gasteiger partial charge on any atom is 0.171 e. The van der Waals surface area contributed by atoms with E-state index in [0.717, 1.165) is 51.7 Å². The fourth-order valence-electron chi connectivity index (χ4n) is 3.98. The van der Waals surface area contributed by atoms with Gasteiger partial charge in [-0.25, -0.2) is 0 Å². The molecule has 2 aliphatic heterocycles. The minimum atomic E-state index is -0.358. The maximum absolute atomic E-state index is 6.66. The van der Waals surface area contributed by atoms with E-state index in [1.807, 2.05) is 0 Å². The fourth-order valence-corrected chi connectivity index (χ4v) is 3.98. The third-order valence-electron chi connectivity index (χ3n) is 5.33. The summed E-state index contributed by atoms with van der Waals surface area (Å²) in [6.45, 7) is 6.21. The van der Waals surface area contributed by atoms with Crippen molar-refractivity contribution in [3.8, 4) is 0 Å². The molecular formula is C20H38O3. The summed E-state index contributed by atoms with van der Waals surface area (Å²) in [5, 5.41) is 0. The van der Waals surface area contributed by atoms with Gasteiger partial charge in [-0.1, -0.05) is 52.4 Å². The molecule has 0 saturated carbocycles. The summed E-state index contributed by atoms with van der Waals surface area (Å²) < 4.78 is 18.9. The average molecular weight is 327 g/mol. The lowest BCUT2D eigenvalue weighted by Crippen LogP contribution is -2.44. The van der Waals surface area contributed by atoms with Crippen LogP contribution in [-0.2, 0) is 14.2 Å². The van der Waals surface area contributed by atoms with E-state index < -0.39 is 0 Å². The third kappa shape index (κ3) is 6.03. The van der Waals surface area contributed by atoms with Crippen molar-refractivity contribution in [2.45, 2.75) is 115 Å². The highest BCUT2D eigenvalue weighted by molar-refractivity contribution is 4.84. The zero-order chi connectivity index (χ0) is 16.4. The first-order valence-electron chi connectivity index (χ1n) is 10.2. The molecule has 2 aliphatic rings. The van der Waals surface area contributed by atoms with Gasteiger partial charge in [0.25, 0.3) is 0 Å². The number of hydrogen-bond acceptors (Lipinski definition) is 3. The van der Waals surface area contributed by atoms with Gasteiger partial charge in [0.15, 0.2) is 11.6 Å². The molecule has 2 atom stereocenters. The molecule has 0 amide bonds. The molecule has 2 heterocycles. The van der Waals surface area contributed by atoms with Gasteiger partial charge in [-0.05, 0) is 25.7 Å². The van der Waals surface area contributed by atoms with Crippen molar-refractivity contribution in [3.63, 3.8) is 0 Å². The Morgan fingerprint density at radius 2 is 1.17 bits per heavy atom. The SMILES string of the molecule is CCCCCCC1(OC2(CCCCCC)CCCO2)CCCO1. The van der Waals surface area contributed by atoms with Crippen LogP contribution in [0.1, 0.15) is 104 Å². The molecule has 0 radical (unpaired) electrons. The number of unbranched alkanes of at least 4 members (excludes halogenated alkanes) is 6. The van der Waals surface area contributed by atoms with Gasteiger partial charge in [-0.3, -0.25) is 0 Å². The van der Waals surface area contributed by atoms with E-state index in [0.29, 0.717) is 0 Å². The Bertz CT molecular complexity index is 274. The smallest absolute Gasteiger partial charge is 0.171 e. The van der Waals surface area contributed by atoms with Crippen molar-refractivity contribution in [2.75, 3.05) is 13.2 Å². The minimum absolute atomic E-state index is 0.358. The van der Waals surface area contributed by atoms with E-state index in [-0.39, 0.29) is 11.6 Å². The van der Waals surface area contributed by atoms with Crippen molar-refractivity contribution in [3.05, 3.63) is 0 Å². The van der Waals surface area contributed by atoms with Gasteiger partial charge < -0.3 is 14.2 Å². The van der Waals surface area contributed by atoms with Crippen molar-refractivity contribution in [2.24, 2.45) is 0 Å². The Hall–Kier alpha value is -0.120. The largest absolute Gasteiger partial charge is 0.350 e. The second-order valence-corrected chi connectivity index (χ2v) is 7.45. The van der Waals surface area contributed by atoms with Crippen LogP contribution in [0.25, 0.3) is 0 Å². The molecule has 0 N–H and O–H groups in total. The number of rotatable bonds is 12. The van der Waals surface area contributed by atoms with Crippen molar-refractivity contribution in [1.29, 1.82) is 0 Å². The molecule has 0 aromatic carbocycles. The Morgan fingerprint density at radius 3 is 1.52 bits per heavy atom. The Kier molecular flexibility index (Phi) is 8.35. The standard InChI is InChI=1S/C20H38O3/c1-3-5-7-9-13-19(15-11-17-21-19)23-20(16-12-18-22-20)14-10-8-6-4-2/h3-18H2,1-2H3. The van der Waals surface area contributed by atoms with E-state index in [9.17, 15) is 0 Å². The molecule has 3 nitrogen and oxygen atoms in total. The Labute approximate surface area is 143 Å². The van der Waals surface area contributed by atoms with E-state index >= 15 is 0 Å². The van der Waals surface area contributed by atoms with Gasteiger partial charge >= 0.3 is 0 Å². The van der Waals surface area contributed by atoms with Gasteiger partial charge in [-0.15, -0.1) is 0 Å². The Balaban J connectivity index is 1.89. The lowest BCUT2D eigenvalue weighted by molar-refractivity contribution is -0.340. The number of ether oxygens (including phenoxy) is 3. The highest BCUT2D eigenvalue weighted by atomic mass is 16.8. The van der Waals surface area contributed by atoms with E-state index in [1.165, 1.54) is 51.4 Å². The van der Waals surface area contributed by atoms with Crippen molar-refractivity contribution < 1.29 is 14.2 Å². The predicted octanol–water partition coefficient (Wildman–Crippen LogP) is 5.96. The molecule has 0 aromatic rings. The van der Waals surface area contributed by atoms with E-state index in [4.69, 9.17) is 14.2 Å². The molecule has 3 heteroatoms. The van der Waals surface area contributed by atoms with Crippen LogP contribution in [0.15, 0.2) is 0 Å². The minimum Gasteiger partial charge on any atom is -0.350 e. The summed E-state index contributed by atoms with van der Waals surface area (Å²) in [4.78, 5) is 0. The van der Waals surface area contributed by atoms with Gasteiger partial charge in [0.05, 0.1) is 13.2 Å². The lowest BCUT2D eigenvalue weighted by Gasteiger charge is -2.39. The monoisotopic (exact) mass is 326 g/mol. The van der Waals surface area contributed by atoms with Crippen LogP contribution in [0.3, 0.4) is 0 Å². The summed E-state index contributed by atoms with van der Waals surface area (Å²) in [6, 6.07) is 0. The van der Waals surface area contributed by atoms with Crippen LogP contribution >= 0.6 is 0 Å². The highest BCUT2D eigenvalue weighted by Gasteiger charge is 2.46. The first-order chi connectivity index (χ1) is 11.2. The molecule has 2 unspecified atom stereocenters. The van der Waals surface area contributed by atoms with Crippen LogP contribution in [0.4, 0.5) is 0 Å². The molecule has 2 fully saturated rings. The summed E-state index contributed by atoms with van der Waals surface area (Å²) in [5.74, 6) is -0.717.